The van der Waals surface area contributed by atoms with Gasteiger partial charge in [-0.1, -0.05) is 42.5 Å². The fourth-order valence-corrected chi connectivity index (χ4v) is 3.37. The summed E-state index contributed by atoms with van der Waals surface area (Å²) in [5.41, 5.74) is 5.87. The maximum Gasteiger partial charge on any atom is 0.762 e. The SMILES string of the molecule is CC1(C)Cc2ccccc2C=N1.C[N+]1=Cc2ccccc2CC1(C)C.FB(F)F.[F-]. The Bertz CT molecular complexity index is 890. The van der Waals surface area contributed by atoms with E-state index in [0.29, 0.717) is 0 Å². The molecule has 2 aliphatic rings. The average Bonchev–Trinajstić information content (AvgIpc) is 2.61. The second-order valence-corrected chi connectivity index (χ2v) is 8.62. The van der Waals surface area contributed by atoms with E-state index in [1.807, 2.05) is 6.21 Å². The van der Waals surface area contributed by atoms with Gasteiger partial charge in [-0.2, -0.15) is 0 Å². The normalized spacial score (nSPS) is 16.7. The molecule has 7 heteroatoms. The summed E-state index contributed by atoms with van der Waals surface area (Å²) in [5.74, 6) is 0. The van der Waals surface area contributed by atoms with Crippen LogP contribution in [0.15, 0.2) is 53.5 Å². The van der Waals surface area contributed by atoms with Gasteiger partial charge in [0.15, 0.2) is 11.8 Å². The van der Waals surface area contributed by atoms with Crippen LogP contribution in [0.3, 0.4) is 0 Å². The maximum atomic E-state index is 9.67. The van der Waals surface area contributed by atoms with Crippen LogP contribution >= 0.6 is 0 Å². The number of nitrogens with zero attached hydrogens (tertiary/aromatic N) is 2. The van der Waals surface area contributed by atoms with Crippen LogP contribution in [-0.4, -0.2) is 42.7 Å². The molecule has 0 aromatic heterocycles. The Hall–Kier alpha value is -2.44. The van der Waals surface area contributed by atoms with Crippen molar-refractivity contribution in [2.24, 2.45) is 4.99 Å². The Balaban J connectivity index is 0.000000249. The molecule has 0 bridgehead atoms. The summed E-state index contributed by atoms with van der Waals surface area (Å²) in [6.45, 7) is 8.89. The Morgan fingerprint density at radius 2 is 1.30 bits per heavy atom. The summed E-state index contributed by atoms with van der Waals surface area (Å²) in [6, 6.07) is 17.1. The van der Waals surface area contributed by atoms with Gasteiger partial charge in [-0.3, -0.25) is 17.9 Å². The van der Waals surface area contributed by atoms with Crippen molar-refractivity contribution in [3.8, 4) is 0 Å². The number of hydrogen-bond acceptors (Lipinski definition) is 1. The summed E-state index contributed by atoms with van der Waals surface area (Å²) in [7, 11) is -1.52. The van der Waals surface area contributed by atoms with Crippen LogP contribution in [0.25, 0.3) is 0 Å². The highest BCUT2D eigenvalue weighted by Gasteiger charge is 2.32. The van der Waals surface area contributed by atoms with Gasteiger partial charge in [0.05, 0.1) is 5.54 Å². The van der Waals surface area contributed by atoms with Gasteiger partial charge in [-0.15, -0.1) is 0 Å². The first-order chi connectivity index (χ1) is 13.5. The van der Waals surface area contributed by atoms with Crippen LogP contribution in [0.2, 0.25) is 0 Å². The number of benzene rings is 2. The molecule has 2 nitrogen and oxygen atoms in total. The van der Waals surface area contributed by atoms with Gasteiger partial charge >= 0.3 is 7.54 Å². The second-order valence-electron chi connectivity index (χ2n) is 8.62. The maximum absolute atomic E-state index is 9.67. The van der Waals surface area contributed by atoms with E-state index in [0.717, 1.165) is 12.8 Å². The molecule has 2 aliphatic heterocycles. The molecule has 162 valence electrons. The van der Waals surface area contributed by atoms with Crippen molar-refractivity contribution in [1.29, 1.82) is 0 Å². The first-order valence-corrected chi connectivity index (χ1v) is 9.71. The highest BCUT2D eigenvalue weighted by Crippen LogP contribution is 2.23. The molecule has 0 aliphatic carbocycles. The summed E-state index contributed by atoms with van der Waals surface area (Å²) in [4.78, 5) is 4.48. The number of aliphatic imine (C=N–C) groups is 1. The lowest BCUT2D eigenvalue weighted by molar-refractivity contribution is -0.572. The lowest BCUT2D eigenvalue weighted by atomic mass is 9.89. The van der Waals surface area contributed by atoms with Crippen LogP contribution in [0, 0.1) is 0 Å². The number of halogens is 4. The highest BCUT2D eigenvalue weighted by atomic mass is 19.4. The summed E-state index contributed by atoms with van der Waals surface area (Å²) in [5, 5.41) is 0. The van der Waals surface area contributed by atoms with Crippen molar-refractivity contribution in [3.63, 3.8) is 0 Å². The molecule has 4 rings (SSSR count). The molecule has 0 amide bonds. The van der Waals surface area contributed by atoms with Crippen molar-refractivity contribution >= 4 is 20.0 Å². The molecule has 0 fully saturated rings. The van der Waals surface area contributed by atoms with E-state index in [-0.39, 0.29) is 15.8 Å². The molecular formula is C23H29BF4N2. The summed E-state index contributed by atoms with van der Waals surface area (Å²) >= 11 is 0. The van der Waals surface area contributed by atoms with Gasteiger partial charge in [-0.25, -0.2) is 4.58 Å². The molecule has 2 aromatic carbocycles. The molecule has 0 saturated heterocycles. The molecule has 0 N–H and O–H groups in total. The fraction of sp³-hybridized carbons (Fsp3) is 0.391. The second kappa shape index (κ2) is 10.6. The predicted molar refractivity (Wildman–Crippen MR) is 116 cm³/mol. The number of fused-ring (bicyclic) bond motifs is 2. The summed E-state index contributed by atoms with van der Waals surface area (Å²) in [6.07, 6.45) is 6.41. The lowest BCUT2D eigenvalue weighted by Crippen LogP contribution is -3.00. The first kappa shape index (κ1) is 25.6. The molecule has 30 heavy (non-hydrogen) atoms. The minimum atomic E-state index is -3.67. The molecule has 2 aromatic rings. The molecular weight excluding hydrogens is 391 g/mol. The Labute approximate surface area is 177 Å². The number of hydrogen-bond donors (Lipinski definition) is 0. The van der Waals surface area contributed by atoms with E-state index in [2.05, 4.69) is 99.1 Å². The zero-order valence-corrected chi connectivity index (χ0v) is 18.2. The molecule has 0 unspecified atom stereocenters. The summed E-state index contributed by atoms with van der Waals surface area (Å²) < 4.78 is 31.3. The Kier molecular flexibility index (Phi) is 9.00. The first-order valence-electron chi connectivity index (χ1n) is 9.71. The van der Waals surface area contributed by atoms with Crippen molar-refractivity contribution in [1.82, 2.24) is 0 Å². The van der Waals surface area contributed by atoms with Crippen LogP contribution in [-0.2, 0) is 12.8 Å². The van der Waals surface area contributed by atoms with E-state index in [1.165, 1.54) is 22.3 Å². The van der Waals surface area contributed by atoms with E-state index in [1.54, 1.807) is 0 Å². The average molecular weight is 420 g/mol. The van der Waals surface area contributed by atoms with E-state index in [4.69, 9.17) is 0 Å². The van der Waals surface area contributed by atoms with Crippen LogP contribution < -0.4 is 4.70 Å². The van der Waals surface area contributed by atoms with Crippen molar-refractivity contribution in [2.75, 3.05) is 7.05 Å². The number of likely N-dealkylation sites (N-methyl/N-ethyl adjacent to an activating group) is 1. The topological polar surface area (TPSA) is 15.4 Å². The third-order valence-corrected chi connectivity index (χ3v) is 5.20. The highest BCUT2D eigenvalue weighted by molar-refractivity contribution is 6.33. The molecule has 0 atom stereocenters. The van der Waals surface area contributed by atoms with Gasteiger partial charge in [-0.05, 0) is 43.0 Å². The quantitative estimate of drug-likeness (QED) is 0.354. The Morgan fingerprint density at radius 1 is 0.833 bits per heavy atom. The zero-order chi connectivity index (χ0) is 21.7. The van der Waals surface area contributed by atoms with Crippen LogP contribution in [0.4, 0.5) is 12.9 Å². The fourth-order valence-electron chi connectivity index (χ4n) is 3.37. The standard InChI is InChI=1S/C12H16N.C11H13N.BF3.FH/c1-12(2)8-10-6-4-5-7-11(10)9-13(12)3;1-11(2)7-9-5-3-4-6-10(9)8-12-11;2-1(3)4;/h4-7,9H,8H2,1-3H3;3-6,8H,7H2,1-2H3;;1H/q+1;;;/p-1. The molecule has 0 saturated carbocycles. The van der Waals surface area contributed by atoms with Gasteiger partial charge in [0, 0.05) is 32.0 Å². The van der Waals surface area contributed by atoms with E-state index < -0.39 is 7.54 Å². The minimum Gasteiger partial charge on any atom is -1.00 e. The van der Waals surface area contributed by atoms with Crippen molar-refractivity contribution in [2.45, 2.75) is 51.6 Å². The predicted octanol–water partition coefficient (Wildman–Crippen LogP) is 2.41. The third kappa shape index (κ3) is 7.43. The van der Waals surface area contributed by atoms with Gasteiger partial charge < -0.3 is 4.70 Å². The smallest absolute Gasteiger partial charge is 0.762 e. The largest absolute Gasteiger partial charge is 1.00 e. The number of rotatable bonds is 0. The van der Waals surface area contributed by atoms with Crippen molar-refractivity contribution < 1.29 is 22.2 Å². The van der Waals surface area contributed by atoms with Crippen LogP contribution in [0.5, 0.6) is 0 Å². The van der Waals surface area contributed by atoms with E-state index >= 15 is 0 Å². The third-order valence-electron chi connectivity index (χ3n) is 5.20. The minimum absolute atomic E-state index is 0. The van der Waals surface area contributed by atoms with Crippen LogP contribution in [0.1, 0.15) is 49.9 Å². The Morgan fingerprint density at radius 3 is 1.87 bits per heavy atom. The lowest BCUT2D eigenvalue weighted by Gasteiger charge is -2.25. The molecule has 0 spiro atoms. The van der Waals surface area contributed by atoms with Crippen molar-refractivity contribution in [3.05, 3.63) is 70.8 Å². The van der Waals surface area contributed by atoms with Gasteiger partial charge in [0.1, 0.15) is 7.05 Å². The molecule has 0 radical (unpaired) electrons. The zero-order valence-electron chi connectivity index (χ0n) is 18.2. The van der Waals surface area contributed by atoms with E-state index in [9.17, 15) is 12.9 Å². The van der Waals surface area contributed by atoms with Gasteiger partial charge in [0.25, 0.3) is 0 Å². The monoisotopic (exact) mass is 420 g/mol. The molecule has 2 heterocycles. The van der Waals surface area contributed by atoms with Gasteiger partial charge in [0.2, 0.25) is 0 Å².